The van der Waals surface area contributed by atoms with Gasteiger partial charge in [0.2, 0.25) is 5.82 Å². The molecule has 70 valence electrons. The van der Waals surface area contributed by atoms with Crippen LogP contribution in [-0.4, -0.2) is 9.91 Å². The molecule has 0 fully saturated rings. The Balaban J connectivity index is 3.53. The lowest BCUT2D eigenvalue weighted by atomic mass is 10.1. The van der Waals surface area contributed by atoms with Gasteiger partial charge in [-0.25, -0.2) is 4.98 Å². The Morgan fingerprint density at radius 3 is 2.31 bits per heavy atom. The van der Waals surface area contributed by atoms with Gasteiger partial charge in [-0.1, -0.05) is 0 Å². The second kappa shape index (κ2) is 3.01. The number of nitrogens with zero attached hydrogens (tertiary/aromatic N) is 2. The molecule has 1 aromatic rings. The highest BCUT2D eigenvalue weighted by Gasteiger charge is 2.19. The Labute approximate surface area is 75.7 Å². The molecule has 1 aromatic heterocycles. The number of hydrogen-bond donors (Lipinski definition) is 1. The van der Waals surface area contributed by atoms with Gasteiger partial charge < -0.3 is 5.73 Å². The van der Waals surface area contributed by atoms with Gasteiger partial charge in [-0.15, -0.1) is 0 Å². The molecule has 0 saturated carbocycles. The standard InChI is InChI=1S/C8H11N3O2/c1-4-5(2)7(11(12)13)8(9)10-6(4)3/h1-3H3,(H2,9,10). The monoisotopic (exact) mass is 181 g/mol. The Hall–Kier alpha value is -1.65. The molecule has 2 N–H and O–H groups in total. The van der Waals surface area contributed by atoms with E-state index in [0.29, 0.717) is 5.56 Å². The average Bonchev–Trinajstić information content (AvgIpc) is 1.99. The summed E-state index contributed by atoms with van der Waals surface area (Å²) in [5, 5.41) is 10.6. The van der Waals surface area contributed by atoms with Crippen LogP contribution >= 0.6 is 0 Å². The van der Waals surface area contributed by atoms with Crippen LogP contribution in [0.25, 0.3) is 0 Å². The maximum atomic E-state index is 10.6. The third kappa shape index (κ3) is 1.44. The minimum absolute atomic E-state index is 0.00870. The van der Waals surface area contributed by atoms with E-state index in [9.17, 15) is 10.1 Å². The number of rotatable bonds is 1. The van der Waals surface area contributed by atoms with Gasteiger partial charge in [-0.3, -0.25) is 10.1 Å². The molecule has 0 bridgehead atoms. The quantitative estimate of drug-likeness (QED) is 0.525. The normalized spacial score (nSPS) is 10.1. The van der Waals surface area contributed by atoms with Crippen LogP contribution in [0.2, 0.25) is 0 Å². The molecule has 0 radical (unpaired) electrons. The van der Waals surface area contributed by atoms with Crippen LogP contribution < -0.4 is 5.73 Å². The summed E-state index contributed by atoms with van der Waals surface area (Å²) >= 11 is 0. The lowest BCUT2D eigenvalue weighted by molar-refractivity contribution is -0.384. The van der Waals surface area contributed by atoms with Crippen LogP contribution in [0, 0.1) is 30.9 Å². The molecule has 0 aliphatic rings. The van der Waals surface area contributed by atoms with E-state index in [4.69, 9.17) is 5.73 Å². The van der Waals surface area contributed by atoms with Crippen LogP contribution in [-0.2, 0) is 0 Å². The fraction of sp³-hybridized carbons (Fsp3) is 0.375. The highest BCUT2D eigenvalue weighted by molar-refractivity contribution is 5.60. The molecule has 0 saturated heterocycles. The van der Waals surface area contributed by atoms with Gasteiger partial charge in [0.1, 0.15) is 0 Å². The van der Waals surface area contributed by atoms with Gasteiger partial charge in [0.05, 0.1) is 4.92 Å². The summed E-state index contributed by atoms with van der Waals surface area (Å²) in [4.78, 5) is 14.0. The van der Waals surface area contributed by atoms with Crippen molar-refractivity contribution < 1.29 is 4.92 Å². The van der Waals surface area contributed by atoms with Crippen molar-refractivity contribution in [3.63, 3.8) is 0 Å². The van der Waals surface area contributed by atoms with Gasteiger partial charge in [-0.2, -0.15) is 0 Å². The second-order valence-electron chi connectivity index (χ2n) is 2.94. The van der Waals surface area contributed by atoms with Gasteiger partial charge in [0.15, 0.2) is 0 Å². The van der Waals surface area contributed by atoms with Crippen molar-refractivity contribution >= 4 is 11.5 Å². The molecule has 0 aliphatic carbocycles. The minimum Gasteiger partial charge on any atom is -0.378 e. The minimum atomic E-state index is -0.496. The topological polar surface area (TPSA) is 82.0 Å². The third-order valence-corrected chi connectivity index (χ3v) is 2.17. The number of nitrogen functional groups attached to an aromatic ring is 1. The van der Waals surface area contributed by atoms with Crippen LogP contribution in [0.1, 0.15) is 16.8 Å². The van der Waals surface area contributed by atoms with Crippen molar-refractivity contribution in [1.82, 2.24) is 4.98 Å². The first-order chi connectivity index (χ1) is 5.95. The molecule has 0 aliphatic heterocycles. The van der Waals surface area contributed by atoms with E-state index in [2.05, 4.69) is 4.98 Å². The first-order valence-corrected chi connectivity index (χ1v) is 3.82. The first-order valence-electron chi connectivity index (χ1n) is 3.82. The van der Waals surface area contributed by atoms with Crippen LogP contribution in [0.15, 0.2) is 0 Å². The lowest BCUT2D eigenvalue weighted by Gasteiger charge is -2.06. The Morgan fingerprint density at radius 1 is 1.31 bits per heavy atom. The number of pyridine rings is 1. The van der Waals surface area contributed by atoms with E-state index in [1.54, 1.807) is 20.8 Å². The molecule has 0 unspecified atom stereocenters. The highest BCUT2D eigenvalue weighted by atomic mass is 16.6. The molecule has 0 aromatic carbocycles. The summed E-state index contributed by atoms with van der Waals surface area (Å²) in [5.41, 5.74) is 7.51. The van der Waals surface area contributed by atoms with Gasteiger partial charge in [-0.05, 0) is 26.3 Å². The number of aryl methyl sites for hydroxylation is 1. The Bertz CT molecular complexity index is 374. The maximum Gasteiger partial charge on any atom is 0.314 e. The summed E-state index contributed by atoms with van der Waals surface area (Å²) in [5.74, 6) is -0.00870. The van der Waals surface area contributed by atoms with E-state index < -0.39 is 4.92 Å². The number of aromatic nitrogens is 1. The zero-order valence-electron chi connectivity index (χ0n) is 7.79. The van der Waals surface area contributed by atoms with Crippen molar-refractivity contribution in [3.8, 4) is 0 Å². The van der Waals surface area contributed by atoms with Crippen molar-refractivity contribution in [2.24, 2.45) is 0 Å². The summed E-state index contributed by atoms with van der Waals surface area (Å²) in [6.07, 6.45) is 0. The highest BCUT2D eigenvalue weighted by Crippen LogP contribution is 2.27. The molecule has 5 nitrogen and oxygen atoms in total. The number of hydrogen-bond acceptors (Lipinski definition) is 4. The summed E-state index contributed by atoms with van der Waals surface area (Å²) < 4.78 is 0. The molecule has 1 heterocycles. The van der Waals surface area contributed by atoms with Crippen molar-refractivity contribution in [3.05, 3.63) is 26.9 Å². The second-order valence-corrected chi connectivity index (χ2v) is 2.94. The van der Waals surface area contributed by atoms with Crippen LogP contribution in [0.3, 0.4) is 0 Å². The SMILES string of the molecule is Cc1nc(N)c([N+](=O)[O-])c(C)c1C. The molecular weight excluding hydrogens is 170 g/mol. The smallest absolute Gasteiger partial charge is 0.314 e. The molecule has 1 rings (SSSR count). The third-order valence-electron chi connectivity index (χ3n) is 2.17. The molecule has 0 atom stereocenters. The van der Waals surface area contributed by atoms with Gasteiger partial charge >= 0.3 is 5.69 Å². The van der Waals surface area contributed by atoms with E-state index in [1.807, 2.05) is 0 Å². The summed E-state index contributed by atoms with van der Waals surface area (Å²) in [6.45, 7) is 5.25. The number of nitrogens with two attached hydrogens (primary N) is 1. The van der Waals surface area contributed by atoms with Gasteiger partial charge in [0, 0.05) is 11.3 Å². The Kier molecular flexibility index (Phi) is 2.18. The van der Waals surface area contributed by atoms with E-state index in [0.717, 1.165) is 11.3 Å². The Morgan fingerprint density at radius 2 is 1.85 bits per heavy atom. The zero-order chi connectivity index (χ0) is 10.2. The average molecular weight is 181 g/mol. The predicted molar refractivity (Wildman–Crippen MR) is 49.5 cm³/mol. The molecule has 5 heteroatoms. The zero-order valence-corrected chi connectivity index (χ0v) is 7.79. The molecule has 13 heavy (non-hydrogen) atoms. The number of anilines is 1. The fourth-order valence-corrected chi connectivity index (χ4v) is 1.19. The van der Waals surface area contributed by atoms with E-state index >= 15 is 0 Å². The van der Waals surface area contributed by atoms with E-state index in [-0.39, 0.29) is 11.5 Å². The lowest BCUT2D eigenvalue weighted by Crippen LogP contribution is -2.04. The fourth-order valence-electron chi connectivity index (χ4n) is 1.19. The molecular formula is C8H11N3O2. The van der Waals surface area contributed by atoms with Gasteiger partial charge in [0.25, 0.3) is 0 Å². The summed E-state index contributed by atoms with van der Waals surface area (Å²) in [6, 6.07) is 0. The number of nitro groups is 1. The van der Waals surface area contributed by atoms with Crippen molar-refractivity contribution in [2.75, 3.05) is 5.73 Å². The predicted octanol–water partition coefficient (Wildman–Crippen LogP) is 1.50. The van der Waals surface area contributed by atoms with Crippen molar-refractivity contribution in [2.45, 2.75) is 20.8 Å². The largest absolute Gasteiger partial charge is 0.378 e. The molecule has 0 amide bonds. The van der Waals surface area contributed by atoms with E-state index in [1.165, 1.54) is 0 Å². The summed E-state index contributed by atoms with van der Waals surface area (Å²) in [7, 11) is 0. The van der Waals surface area contributed by atoms with Crippen LogP contribution in [0.4, 0.5) is 11.5 Å². The maximum absolute atomic E-state index is 10.6. The first kappa shape index (κ1) is 9.44. The van der Waals surface area contributed by atoms with Crippen molar-refractivity contribution in [1.29, 1.82) is 0 Å². The van der Waals surface area contributed by atoms with Crippen LogP contribution in [0.5, 0.6) is 0 Å². The molecule has 0 spiro atoms.